The lowest BCUT2D eigenvalue weighted by molar-refractivity contribution is 0.0642. The van der Waals surface area contributed by atoms with Crippen molar-refractivity contribution in [2.24, 2.45) is 0 Å². The van der Waals surface area contributed by atoms with Crippen molar-refractivity contribution < 1.29 is 14.2 Å². The lowest BCUT2D eigenvalue weighted by Gasteiger charge is -2.10. The van der Waals surface area contributed by atoms with Crippen molar-refractivity contribution in [1.82, 2.24) is 0 Å². The molecule has 0 aliphatic rings. The van der Waals surface area contributed by atoms with Gasteiger partial charge in [-0.3, -0.25) is 0 Å². The molecular formula is C10H13FO2. The number of rotatable bonds is 3. The fourth-order valence-electron chi connectivity index (χ4n) is 1.07. The Morgan fingerprint density at radius 2 is 2.23 bits per heavy atom. The van der Waals surface area contributed by atoms with Crippen LogP contribution in [0.3, 0.4) is 0 Å². The van der Waals surface area contributed by atoms with Gasteiger partial charge in [0, 0.05) is 7.11 Å². The molecule has 2 nitrogen and oxygen atoms in total. The molecule has 1 N–H and O–H groups in total. The number of aryl methyl sites for hydroxylation is 1. The number of benzene rings is 1. The molecule has 0 aliphatic heterocycles. The van der Waals surface area contributed by atoms with E-state index in [9.17, 15) is 9.50 Å². The minimum absolute atomic E-state index is 0.183. The number of hydrogen-bond acceptors (Lipinski definition) is 2. The molecule has 0 amide bonds. The van der Waals surface area contributed by atoms with Gasteiger partial charge in [-0.15, -0.1) is 0 Å². The summed E-state index contributed by atoms with van der Waals surface area (Å²) in [6, 6.07) is 4.67. The monoisotopic (exact) mass is 184 g/mol. The summed E-state index contributed by atoms with van der Waals surface area (Å²) >= 11 is 0. The summed E-state index contributed by atoms with van der Waals surface area (Å²) in [4.78, 5) is 0. The van der Waals surface area contributed by atoms with Crippen LogP contribution in [-0.2, 0) is 4.74 Å². The van der Waals surface area contributed by atoms with Crippen LogP contribution in [0.4, 0.5) is 4.39 Å². The standard InChI is InChI=1S/C10H13FO2/c1-7-3-4-8(5-9(7)11)10(12)6-13-2/h3-5,10,12H,6H2,1-2H3. The number of aliphatic hydroxyl groups excluding tert-OH is 1. The molecule has 0 heterocycles. The molecular weight excluding hydrogens is 171 g/mol. The quantitative estimate of drug-likeness (QED) is 0.776. The van der Waals surface area contributed by atoms with Crippen LogP contribution in [0.1, 0.15) is 17.2 Å². The second-order valence-corrected chi connectivity index (χ2v) is 2.98. The summed E-state index contributed by atoms with van der Waals surface area (Å²) in [5.74, 6) is -0.298. The van der Waals surface area contributed by atoms with E-state index in [1.165, 1.54) is 13.2 Å². The van der Waals surface area contributed by atoms with Crippen molar-refractivity contribution in [3.63, 3.8) is 0 Å². The molecule has 1 aromatic rings. The third kappa shape index (κ3) is 2.50. The second-order valence-electron chi connectivity index (χ2n) is 2.98. The maximum Gasteiger partial charge on any atom is 0.126 e. The van der Waals surface area contributed by atoms with Crippen LogP contribution >= 0.6 is 0 Å². The van der Waals surface area contributed by atoms with Gasteiger partial charge in [0.15, 0.2) is 0 Å². The van der Waals surface area contributed by atoms with Crippen LogP contribution in [0, 0.1) is 12.7 Å². The number of hydrogen-bond donors (Lipinski definition) is 1. The van der Waals surface area contributed by atoms with E-state index < -0.39 is 6.10 Å². The van der Waals surface area contributed by atoms with Crippen molar-refractivity contribution in [2.45, 2.75) is 13.0 Å². The Balaban J connectivity index is 2.84. The number of methoxy groups -OCH3 is 1. The van der Waals surface area contributed by atoms with E-state index in [1.807, 2.05) is 0 Å². The van der Waals surface area contributed by atoms with Gasteiger partial charge in [0.1, 0.15) is 11.9 Å². The summed E-state index contributed by atoms with van der Waals surface area (Å²) in [5.41, 5.74) is 1.12. The summed E-state index contributed by atoms with van der Waals surface area (Å²) in [5, 5.41) is 9.44. The predicted octanol–water partition coefficient (Wildman–Crippen LogP) is 1.81. The maximum absolute atomic E-state index is 13.0. The highest BCUT2D eigenvalue weighted by atomic mass is 19.1. The smallest absolute Gasteiger partial charge is 0.126 e. The normalized spacial score (nSPS) is 12.9. The molecule has 1 atom stereocenters. The Kier molecular flexibility index (Phi) is 3.39. The summed E-state index contributed by atoms with van der Waals surface area (Å²) in [7, 11) is 1.49. The van der Waals surface area contributed by atoms with Gasteiger partial charge in [0.2, 0.25) is 0 Å². The van der Waals surface area contributed by atoms with Crippen LogP contribution in [0.15, 0.2) is 18.2 Å². The molecule has 0 radical (unpaired) electrons. The molecule has 1 unspecified atom stereocenters. The van der Waals surface area contributed by atoms with E-state index >= 15 is 0 Å². The van der Waals surface area contributed by atoms with Crippen molar-refractivity contribution >= 4 is 0 Å². The molecule has 0 saturated carbocycles. The molecule has 13 heavy (non-hydrogen) atoms. The largest absolute Gasteiger partial charge is 0.386 e. The Bertz CT molecular complexity index is 286. The van der Waals surface area contributed by atoms with Gasteiger partial charge in [-0.05, 0) is 24.1 Å². The summed E-state index contributed by atoms with van der Waals surface area (Å²) in [6.45, 7) is 1.87. The zero-order valence-corrected chi connectivity index (χ0v) is 7.75. The molecule has 0 spiro atoms. The first-order valence-corrected chi connectivity index (χ1v) is 4.08. The van der Waals surface area contributed by atoms with Crippen LogP contribution in [0.2, 0.25) is 0 Å². The molecule has 1 aromatic carbocycles. The first kappa shape index (κ1) is 10.2. The highest BCUT2D eigenvalue weighted by Crippen LogP contribution is 2.16. The average molecular weight is 184 g/mol. The highest BCUT2D eigenvalue weighted by Gasteiger charge is 2.08. The molecule has 0 fully saturated rings. The van der Waals surface area contributed by atoms with Gasteiger partial charge in [0.05, 0.1) is 6.61 Å². The maximum atomic E-state index is 13.0. The first-order chi connectivity index (χ1) is 6.15. The minimum atomic E-state index is -0.750. The third-order valence-corrected chi connectivity index (χ3v) is 1.91. The minimum Gasteiger partial charge on any atom is -0.386 e. The first-order valence-electron chi connectivity index (χ1n) is 4.08. The molecule has 1 rings (SSSR count). The van der Waals surface area contributed by atoms with Gasteiger partial charge in [0.25, 0.3) is 0 Å². The van der Waals surface area contributed by atoms with E-state index in [0.717, 1.165) is 0 Å². The van der Waals surface area contributed by atoms with Gasteiger partial charge in [-0.1, -0.05) is 12.1 Å². The predicted molar refractivity (Wildman–Crippen MR) is 48.0 cm³/mol. The van der Waals surface area contributed by atoms with Crippen LogP contribution in [0.5, 0.6) is 0 Å². The number of ether oxygens (including phenoxy) is 1. The van der Waals surface area contributed by atoms with Crippen LogP contribution in [0.25, 0.3) is 0 Å². The highest BCUT2D eigenvalue weighted by molar-refractivity contribution is 5.24. The lowest BCUT2D eigenvalue weighted by Crippen LogP contribution is -2.05. The molecule has 72 valence electrons. The Hall–Kier alpha value is -0.930. The van der Waals surface area contributed by atoms with Crippen LogP contribution in [-0.4, -0.2) is 18.8 Å². The van der Waals surface area contributed by atoms with E-state index in [0.29, 0.717) is 11.1 Å². The van der Waals surface area contributed by atoms with Gasteiger partial charge in [-0.2, -0.15) is 0 Å². The van der Waals surface area contributed by atoms with Crippen molar-refractivity contribution in [2.75, 3.05) is 13.7 Å². The molecule has 0 aromatic heterocycles. The zero-order chi connectivity index (χ0) is 9.84. The lowest BCUT2D eigenvalue weighted by atomic mass is 10.1. The molecule has 0 saturated heterocycles. The van der Waals surface area contributed by atoms with E-state index in [1.54, 1.807) is 19.1 Å². The Morgan fingerprint density at radius 3 is 2.77 bits per heavy atom. The van der Waals surface area contributed by atoms with Gasteiger partial charge in [-0.25, -0.2) is 4.39 Å². The van der Waals surface area contributed by atoms with Crippen molar-refractivity contribution in [3.05, 3.63) is 35.1 Å². The van der Waals surface area contributed by atoms with E-state index in [4.69, 9.17) is 4.74 Å². The Labute approximate surface area is 77.0 Å². The summed E-state index contributed by atoms with van der Waals surface area (Å²) in [6.07, 6.45) is -0.750. The summed E-state index contributed by atoms with van der Waals surface area (Å²) < 4.78 is 17.8. The zero-order valence-electron chi connectivity index (χ0n) is 7.75. The number of aliphatic hydroxyl groups is 1. The van der Waals surface area contributed by atoms with Gasteiger partial charge < -0.3 is 9.84 Å². The Morgan fingerprint density at radius 1 is 1.54 bits per heavy atom. The van der Waals surface area contributed by atoms with Crippen molar-refractivity contribution in [3.8, 4) is 0 Å². The van der Waals surface area contributed by atoms with E-state index in [-0.39, 0.29) is 12.4 Å². The van der Waals surface area contributed by atoms with E-state index in [2.05, 4.69) is 0 Å². The number of halogens is 1. The molecule has 0 bridgehead atoms. The fourth-order valence-corrected chi connectivity index (χ4v) is 1.07. The van der Waals surface area contributed by atoms with Crippen molar-refractivity contribution in [1.29, 1.82) is 0 Å². The fraction of sp³-hybridized carbons (Fsp3) is 0.400. The molecule has 0 aliphatic carbocycles. The van der Waals surface area contributed by atoms with Crippen LogP contribution < -0.4 is 0 Å². The molecule has 3 heteroatoms. The van der Waals surface area contributed by atoms with Gasteiger partial charge >= 0.3 is 0 Å². The average Bonchev–Trinajstić information content (AvgIpc) is 2.10. The SMILES string of the molecule is COCC(O)c1ccc(C)c(F)c1. The topological polar surface area (TPSA) is 29.5 Å². The second kappa shape index (κ2) is 4.35. The third-order valence-electron chi connectivity index (χ3n) is 1.91.